The lowest BCUT2D eigenvalue weighted by Gasteiger charge is -2.26. The molecule has 0 saturated heterocycles. The minimum atomic E-state index is 0.283. The van der Waals surface area contributed by atoms with E-state index in [-0.39, 0.29) is 5.41 Å². The summed E-state index contributed by atoms with van der Waals surface area (Å²) in [5.74, 6) is 0.678. The first-order chi connectivity index (χ1) is 7.98. The predicted octanol–water partition coefficient (Wildman–Crippen LogP) is 3.92. The second kappa shape index (κ2) is 3.57. The predicted molar refractivity (Wildman–Crippen MR) is 71.7 cm³/mol. The van der Waals surface area contributed by atoms with Gasteiger partial charge in [0.25, 0.3) is 0 Å². The van der Waals surface area contributed by atoms with Gasteiger partial charge in [0.1, 0.15) is 0 Å². The van der Waals surface area contributed by atoms with Gasteiger partial charge in [-0.15, -0.1) is 0 Å². The Labute approximate surface area is 105 Å². The Morgan fingerprint density at radius 3 is 2.53 bits per heavy atom. The van der Waals surface area contributed by atoms with E-state index in [0.29, 0.717) is 5.92 Å². The Bertz CT molecular complexity index is 465. The summed E-state index contributed by atoms with van der Waals surface area (Å²) in [4.78, 5) is 4.99. The molecule has 0 aliphatic heterocycles. The lowest BCUT2D eigenvalue weighted by Crippen LogP contribution is -2.18. The van der Waals surface area contributed by atoms with Crippen LogP contribution in [0, 0.1) is 0 Å². The highest BCUT2D eigenvalue weighted by molar-refractivity contribution is 5.49. The summed E-state index contributed by atoms with van der Waals surface area (Å²) < 4.78 is 0. The van der Waals surface area contributed by atoms with Crippen molar-refractivity contribution in [1.29, 1.82) is 0 Å². The molecule has 0 aromatic carbocycles. The first-order valence-corrected chi connectivity index (χ1v) is 7.03. The number of aryl methyl sites for hydroxylation is 1. The minimum Gasteiger partial charge on any atom is -0.257 e. The second-order valence-corrected chi connectivity index (χ2v) is 6.82. The Kier molecular flexibility index (Phi) is 2.36. The fraction of sp³-hybridized carbons (Fsp3) is 0.688. The Hall–Kier alpha value is -0.850. The number of nitrogens with zero attached hydrogens (tertiary/aromatic N) is 1. The van der Waals surface area contributed by atoms with Crippen molar-refractivity contribution < 1.29 is 0 Å². The first-order valence-electron chi connectivity index (χ1n) is 7.03. The summed E-state index contributed by atoms with van der Waals surface area (Å²) in [6.45, 7) is 9.44. The molecule has 0 saturated carbocycles. The van der Waals surface area contributed by atoms with E-state index in [2.05, 4.69) is 27.7 Å². The van der Waals surface area contributed by atoms with Crippen molar-refractivity contribution in [3.05, 3.63) is 28.1 Å². The average molecular weight is 229 g/mol. The zero-order chi connectivity index (χ0) is 12.2. The van der Waals surface area contributed by atoms with Gasteiger partial charge in [-0.05, 0) is 60.1 Å². The monoisotopic (exact) mass is 229 g/mol. The molecule has 1 aromatic rings. The summed E-state index contributed by atoms with van der Waals surface area (Å²) in [5, 5.41) is 0. The number of hydrogen-bond acceptors (Lipinski definition) is 1. The van der Waals surface area contributed by atoms with Crippen LogP contribution in [-0.2, 0) is 24.7 Å². The van der Waals surface area contributed by atoms with E-state index in [1.54, 1.807) is 16.7 Å². The fourth-order valence-electron chi connectivity index (χ4n) is 3.71. The quantitative estimate of drug-likeness (QED) is 0.657. The molecule has 92 valence electrons. The van der Waals surface area contributed by atoms with E-state index in [1.165, 1.54) is 43.5 Å². The van der Waals surface area contributed by atoms with Crippen molar-refractivity contribution in [3.63, 3.8) is 0 Å². The van der Waals surface area contributed by atoms with E-state index in [0.717, 1.165) is 0 Å². The third-order valence-electron chi connectivity index (χ3n) is 4.40. The maximum Gasteiger partial charge on any atom is 0.0470 e. The first kappa shape index (κ1) is 11.3. The molecule has 1 aromatic heterocycles. The molecule has 0 unspecified atom stereocenters. The van der Waals surface area contributed by atoms with Crippen LogP contribution in [0.4, 0.5) is 0 Å². The highest BCUT2D eigenvalue weighted by Gasteiger charge is 2.33. The Morgan fingerprint density at radius 1 is 1.06 bits per heavy atom. The molecule has 1 atom stereocenters. The van der Waals surface area contributed by atoms with E-state index < -0.39 is 0 Å². The standard InChI is InChI=1S/C16H23N/c1-10-8-9-12-14(16(2,3)4)11-6-5-7-13(11)17-15(10)12/h10H,5-9H2,1-4H3/t10-/m1/s1. The minimum absolute atomic E-state index is 0.283. The Balaban J connectivity index is 2.28. The molecule has 3 rings (SSSR count). The van der Waals surface area contributed by atoms with E-state index in [9.17, 15) is 0 Å². The van der Waals surface area contributed by atoms with Crippen LogP contribution in [0.15, 0.2) is 0 Å². The van der Waals surface area contributed by atoms with Gasteiger partial charge in [-0.25, -0.2) is 0 Å². The number of hydrogen-bond donors (Lipinski definition) is 0. The van der Waals surface area contributed by atoms with Crippen molar-refractivity contribution >= 4 is 0 Å². The third kappa shape index (κ3) is 1.63. The maximum atomic E-state index is 4.99. The van der Waals surface area contributed by atoms with Crippen LogP contribution in [0.5, 0.6) is 0 Å². The summed E-state index contributed by atoms with van der Waals surface area (Å²) in [6, 6.07) is 0. The summed E-state index contributed by atoms with van der Waals surface area (Å²) in [6.07, 6.45) is 6.33. The molecular formula is C16H23N. The lowest BCUT2D eigenvalue weighted by atomic mass is 9.80. The molecule has 1 heterocycles. The van der Waals surface area contributed by atoms with Crippen LogP contribution in [0.1, 0.15) is 74.5 Å². The smallest absolute Gasteiger partial charge is 0.0470 e. The molecule has 17 heavy (non-hydrogen) atoms. The topological polar surface area (TPSA) is 12.9 Å². The van der Waals surface area contributed by atoms with Gasteiger partial charge in [0.15, 0.2) is 0 Å². The molecule has 0 bridgehead atoms. The van der Waals surface area contributed by atoms with Gasteiger partial charge in [-0.1, -0.05) is 27.7 Å². The van der Waals surface area contributed by atoms with Crippen LogP contribution in [0.25, 0.3) is 0 Å². The SMILES string of the molecule is C[C@@H]1CCc2c1nc1c(c2C(C)(C)C)CCC1. The second-order valence-electron chi connectivity index (χ2n) is 6.82. The van der Waals surface area contributed by atoms with E-state index >= 15 is 0 Å². The largest absolute Gasteiger partial charge is 0.257 e. The van der Waals surface area contributed by atoms with Crippen molar-refractivity contribution in [2.24, 2.45) is 0 Å². The highest BCUT2D eigenvalue weighted by atomic mass is 14.8. The third-order valence-corrected chi connectivity index (χ3v) is 4.40. The van der Waals surface area contributed by atoms with Crippen LogP contribution in [0.3, 0.4) is 0 Å². The number of fused-ring (bicyclic) bond motifs is 2. The van der Waals surface area contributed by atoms with E-state index in [1.807, 2.05) is 0 Å². The van der Waals surface area contributed by atoms with Gasteiger partial charge in [-0.2, -0.15) is 0 Å². The van der Waals surface area contributed by atoms with Crippen LogP contribution >= 0.6 is 0 Å². The Morgan fingerprint density at radius 2 is 1.82 bits per heavy atom. The summed E-state index contributed by atoms with van der Waals surface area (Å²) >= 11 is 0. The van der Waals surface area contributed by atoms with Gasteiger partial charge in [0.2, 0.25) is 0 Å². The van der Waals surface area contributed by atoms with Crippen LogP contribution in [0.2, 0.25) is 0 Å². The van der Waals surface area contributed by atoms with Gasteiger partial charge in [0.05, 0.1) is 0 Å². The fourth-order valence-corrected chi connectivity index (χ4v) is 3.71. The van der Waals surface area contributed by atoms with Gasteiger partial charge < -0.3 is 0 Å². The highest BCUT2D eigenvalue weighted by Crippen LogP contribution is 2.42. The van der Waals surface area contributed by atoms with Crippen molar-refractivity contribution in [2.75, 3.05) is 0 Å². The van der Waals surface area contributed by atoms with Crippen LogP contribution < -0.4 is 0 Å². The summed E-state index contributed by atoms with van der Waals surface area (Å²) in [7, 11) is 0. The molecule has 1 heteroatoms. The molecule has 2 aliphatic carbocycles. The molecule has 0 N–H and O–H groups in total. The lowest BCUT2D eigenvalue weighted by molar-refractivity contribution is 0.575. The molecule has 0 amide bonds. The molecule has 0 spiro atoms. The molecule has 0 radical (unpaired) electrons. The van der Waals surface area contributed by atoms with Gasteiger partial charge >= 0.3 is 0 Å². The number of pyridine rings is 1. The molecule has 0 fully saturated rings. The summed E-state index contributed by atoms with van der Waals surface area (Å²) in [5.41, 5.74) is 7.99. The van der Waals surface area contributed by atoms with E-state index in [4.69, 9.17) is 4.98 Å². The molecular weight excluding hydrogens is 206 g/mol. The zero-order valence-electron chi connectivity index (χ0n) is 11.6. The normalized spacial score (nSPS) is 22.7. The van der Waals surface area contributed by atoms with Crippen molar-refractivity contribution in [1.82, 2.24) is 4.98 Å². The van der Waals surface area contributed by atoms with Gasteiger partial charge in [0, 0.05) is 11.4 Å². The number of rotatable bonds is 0. The molecule has 1 nitrogen and oxygen atoms in total. The van der Waals surface area contributed by atoms with Crippen LogP contribution in [-0.4, -0.2) is 4.98 Å². The average Bonchev–Trinajstić information content (AvgIpc) is 2.81. The van der Waals surface area contributed by atoms with Gasteiger partial charge in [-0.3, -0.25) is 4.98 Å². The maximum absolute atomic E-state index is 4.99. The molecule has 2 aliphatic rings. The number of aromatic nitrogens is 1. The van der Waals surface area contributed by atoms with Crippen molar-refractivity contribution in [3.8, 4) is 0 Å². The zero-order valence-corrected chi connectivity index (χ0v) is 11.6. The van der Waals surface area contributed by atoms with Crippen molar-refractivity contribution in [2.45, 2.75) is 71.1 Å².